The van der Waals surface area contributed by atoms with Gasteiger partial charge in [-0.3, -0.25) is 47.8 Å². The number of carbonyl (C=O) groups excluding carboxylic acids is 3. The van der Waals surface area contributed by atoms with Gasteiger partial charge in [-0.25, -0.2) is 9.78 Å². The summed E-state index contributed by atoms with van der Waals surface area (Å²) in [6, 6.07) is 9.78. The van der Waals surface area contributed by atoms with Gasteiger partial charge in [-0.2, -0.15) is 18.3 Å². The maximum Gasteiger partial charge on any atom is 0.433 e. The Kier molecular flexibility index (Phi) is 9.54. The molecule has 3 amide bonds. The minimum absolute atomic E-state index is 0.0900. The van der Waals surface area contributed by atoms with Crippen LogP contribution in [0.2, 0.25) is 0 Å². The van der Waals surface area contributed by atoms with E-state index < -0.39 is 41.0 Å². The number of hydrogen-bond acceptors (Lipinski definition) is 9. The third kappa shape index (κ3) is 6.86. The summed E-state index contributed by atoms with van der Waals surface area (Å²) in [5.74, 6) is -1.05. The van der Waals surface area contributed by atoms with Crippen molar-refractivity contribution >= 4 is 51.2 Å². The average molecular weight is 775 g/mol. The zero-order chi connectivity index (χ0) is 39.5. The number of pyridine rings is 2. The number of nitrogens with zero attached hydrogens (tertiary/aromatic N) is 8. The van der Waals surface area contributed by atoms with E-state index in [1.165, 1.54) is 22.2 Å². The highest BCUT2D eigenvalue weighted by atomic mass is 19.4. The third-order valence-electron chi connectivity index (χ3n) is 11.5. The summed E-state index contributed by atoms with van der Waals surface area (Å²) in [5.41, 5.74) is 0.292. The summed E-state index contributed by atoms with van der Waals surface area (Å²) in [4.78, 5) is 72.1. The molecule has 2 saturated heterocycles. The maximum atomic E-state index is 13.4. The Bertz CT molecular complexity index is 2490. The smallest absolute Gasteiger partial charge is 0.367 e. The highest BCUT2D eigenvalue weighted by Gasteiger charge is 2.34. The maximum absolute atomic E-state index is 13.4. The molecule has 1 aromatic carbocycles. The van der Waals surface area contributed by atoms with Crippen LogP contribution in [0.5, 0.6) is 0 Å². The summed E-state index contributed by atoms with van der Waals surface area (Å²) in [7, 11) is 3.18. The number of nitrogens with one attached hydrogen (secondary N) is 2. The molecule has 0 radical (unpaired) electrons. The molecule has 6 heterocycles. The van der Waals surface area contributed by atoms with Gasteiger partial charge in [0.05, 0.1) is 22.8 Å². The van der Waals surface area contributed by atoms with Gasteiger partial charge in [0.15, 0.2) is 5.52 Å². The van der Waals surface area contributed by atoms with Crippen LogP contribution in [0.15, 0.2) is 58.3 Å². The number of hydrogen-bond donors (Lipinski definition) is 2. The summed E-state index contributed by atoms with van der Waals surface area (Å²) in [6.07, 6.45) is 1.28. The number of para-hydroxylation sites is 1. The predicted molar refractivity (Wildman–Crippen MR) is 200 cm³/mol. The van der Waals surface area contributed by atoms with Crippen molar-refractivity contribution in [2.45, 2.75) is 56.8 Å². The highest BCUT2D eigenvalue weighted by molar-refractivity contribution is 6.03. The molecule has 0 spiro atoms. The summed E-state index contributed by atoms with van der Waals surface area (Å²) in [5, 5.41) is 10.0. The lowest BCUT2D eigenvalue weighted by molar-refractivity contribution is -0.141. The second-order valence-corrected chi connectivity index (χ2v) is 15.0. The van der Waals surface area contributed by atoms with Gasteiger partial charge in [0.2, 0.25) is 11.8 Å². The van der Waals surface area contributed by atoms with Gasteiger partial charge in [0.25, 0.3) is 11.5 Å². The lowest BCUT2D eigenvalue weighted by atomic mass is 9.85. The molecule has 1 aliphatic carbocycles. The lowest BCUT2D eigenvalue weighted by Crippen LogP contribution is -2.48. The number of alkyl halides is 3. The van der Waals surface area contributed by atoms with Gasteiger partial charge < -0.3 is 10.2 Å². The van der Waals surface area contributed by atoms with E-state index in [2.05, 4.69) is 30.5 Å². The molecule has 2 aliphatic heterocycles. The molecular formula is C38H41F3N10O5. The molecule has 5 aromatic rings. The molecule has 3 aliphatic rings. The summed E-state index contributed by atoms with van der Waals surface area (Å²) < 4.78 is 45.6. The molecule has 4 aromatic heterocycles. The molecule has 15 nitrogen and oxygen atoms in total. The van der Waals surface area contributed by atoms with E-state index in [4.69, 9.17) is 0 Å². The highest BCUT2D eigenvalue weighted by Crippen LogP contribution is 2.35. The van der Waals surface area contributed by atoms with E-state index in [0.29, 0.717) is 16.8 Å². The van der Waals surface area contributed by atoms with E-state index in [9.17, 15) is 37.1 Å². The van der Waals surface area contributed by atoms with Crippen LogP contribution >= 0.6 is 0 Å². The van der Waals surface area contributed by atoms with Gasteiger partial charge in [-0.1, -0.05) is 12.1 Å². The fourth-order valence-corrected chi connectivity index (χ4v) is 8.43. The number of piperazine rings is 1. The van der Waals surface area contributed by atoms with Crippen LogP contribution in [0.3, 0.4) is 0 Å². The molecule has 8 rings (SSSR count). The van der Waals surface area contributed by atoms with E-state index in [0.717, 1.165) is 81.7 Å². The minimum atomic E-state index is -4.70. The first-order chi connectivity index (χ1) is 26.8. The third-order valence-corrected chi connectivity index (χ3v) is 11.5. The number of aryl methyl sites for hydroxylation is 1. The van der Waals surface area contributed by atoms with Crippen LogP contribution in [0, 0.1) is 5.92 Å². The van der Waals surface area contributed by atoms with Crippen LogP contribution < -0.4 is 26.8 Å². The Morgan fingerprint density at radius 2 is 1.66 bits per heavy atom. The zero-order valence-electron chi connectivity index (χ0n) is 30.9. The fraction of sp³-hybridized carbons (Fsp3) is 0.447. The first kappa shape index (κ1) is 37.2. The molecular weight excluding hydrogens is 733 g/mol. The Balaban J connectivity index is 0.883. The van der Waals surface area contributed by atoms with Crippen molar-refractivity contribution in [2.75, 3.05) is 42.9 Å². The van der Waals surface area contributed by atoms with Crippen molar-refractivity contribution < 1.29 is 27.6 Å². The largest absolute Gasteiger partial charge is 0.433 e. The van der Waals surface area contributed by atoms with Crippen molar-refractivity contribution in [1.29, 1.82) is 0 Å². The standard InChI is InChI=1S/C38H41F3N10O5/c1-46-30(43-34(53)25-5-3-8-29(42-25)38(39,40)41)19-23-21-50(45-32(23)36(46)55)24-11-9-22(10-12-24)20-48-15-17-49(18-16-48)26-6-4-7-27-33(26)47(2)37(56)51(27)28-13-14-31(52)44-35(28)54/h3-8,19,21-22,24,28H,9-18,20H2,1-2H3,(H,43,53)(H,44,52,54). The Hall–Kier alpha value is -5.78. The molecule has 1 saturated carbocycles. The van der Waals surface area contributed by atoms with Crippen molar-refractivity contribution in [3.63, 3.8) is 0 Å². The Morgan fingerprint density at radius 3 is 2.38 bits per heavy atom. The topological polar surface area (TPSA) is 161 Å². The second-order valence-electron chi connectivity index (χ2n) is 15.0. The van der Waals surface area contributed by atoms with E-state index in [-0.39, 0.29) is 41.8 Å². The molecule has 294 valence electrons. The number of amides is 3. The SMILES string of the molecule is Cn1c(NC(=O)c2cccc(C(F)(F)F)n2)cc2cn(C3CCC(CN4CCN(c5cccc6c5n(C)c(=O)n6C5CCC(=O)NC5=O)CC4)CC3)nc2c1=O. The van der Waals surface area contributed by atoms with Crippen LogP contribution in [0.1, 0.15) is 66.8 Å². The van der Waals surface area contributed by atoms with Gasteiger partial charge in [-0.05, 0) is 68.4 Å². The number of benzene rings is 1. The number of aromatic nitrogens is 6. The number of rotatable bonds is 7. The van der Waals surface area contributed by atoms with Crippen LogP contribution in [0.25, 0.3) is 21.9 Å². The molecule has 0 bridgehead atoms. The minimum Gasteiger partial charge on any atom is -0.367 e. The first-order valence-electron chi connectivity index (χ1n) is 18.7. The quantitative estimate of drug-likeness (QED) is 0.236. The van der Waals surface area contributed by atoms with Gasteiger partial charge in [0, 0.05) is 64.8 Å². The van der Waals surface area contributed by atoms with Gasteiger partial charge in [-0.15, -0.1) is 0 Å². The summed E-state index contributed by atoms with van der Waals surface area (Å²) >= 11 is 0. The predicted octanol–water partition coefficient (Wildman–Crippen LogP) is 3.59. The van der Waals surface area contributed by atoms with Crippen LogP contribution in [-0.4, -0.2) is 83.8 Å². The summed E-state index contributed by atoms with van der Waals surface area (Å²) in [6.45, 7) is 4.23. The molecule has 3 fully saturated rings. The van der Waals surface area contributed by atoms with Crippen molar-refractivity contribution in [3.05, 3.63) is 80.9 Å². The second kappa shape index (κ2) is 14.4. The average Bonchev–Trinajstić information content (AvgIpc) is 3.72. The molecule has 18 heteroatoms. The number of carbonyl (C=O) groups is 3. The van der Waals surface area contributed by atoms with Crippen LogP contribution in [-0.2, 0) is 29.9 Å². The molecule has 2 N–H and O–H groups in total. The normalized spacial score (nSPS) is 21.2. The van der Waals surface area contributed by atoms with Crippen molar-refractivity contribution in [1.82, 2.24) is 38.7 Å². The van der Waals surface area contributed by atoms with Crippen molar-refractivity contribution in [3.8, 4) is 0 Å². The first-order valence-corrected chi connectivity index (χ1v) is 18.7. The monoisotopic (exact) mass is 774 g/mol. The number of halogens is 3. The van der Waals surface area contributed by atoms with Gasteiger partial charge in [0.1, 0.15) is 23.2 Å². The number of anilines is 2. The zero-order valence-corrected chi connectivity index (χ0v) is 30.9. The molecule has 56 heavy (non-hydrogen) atoms. The molecule has 1 atom stereocenters. The number of imide groups is 1. The van der Waals surface area contributed by atoms with Gasteiger partial charge >= 0.3 is 11.9 Å². The van der Waals surface area contributed by atoms with E-state index in [1.54, 1.807) is 23.9 Å². The number of imidazole rings is 1. The Labute approximate surface area is 317 Å². The number of piperidine rings is 1. The number of fused-ring (bicyclic) bond motifs is 2. The van der Waals surface area contributed by atoms with E-state index in [1.807, 2.05) is 22.9 Å². The fourth-order valence-electron chi connectivity index (χ4n) is 8.43. The van der Waals surface area contributed by atoms with E-state index >= 15 is 0 Å². The molecule has 1 unspecified atom stereocenters. The van der Waals surface area contributed by atoms with Crippen LogP contribution in [0.4, 0.5) is 24.7 Å². The Morgan fingerprint density at radius 1 is 0.929 bits per heavy atom. The van der Waals surface area contributed by atoms with Crippen molar-refractivity contribution in [2.24, 2.45) is 20.0 Å². The lowest BCUT2D eigenvalue weighted by Gasteiger charge is -2.39.